The fourth-order valence-electron chi connectivity index (χ4n) is 3.08. The van der Waals surface area contributed by atoms with Crippen molar-refractivity contribution in [3.05, 3.63) is 81.8 Å². The van der Waals surface area contributed by atoms with Crippen molar-refractivity contribution in [2.75, 3.05) is 5.75 Å². The van der Waals surface area contributed by atoms with Crippen molar-refractivity contribution in [1.29, 1.82) is 5.26 Å². The van der Waals surface area contributed by atoms with Gasteiger partial charge < -0.3 is 0 Å². The maximum atomic E-state index is 9.57. The molecule has 2 aliphatic rings. The third kappa shape index (κ3) is 2.73. The number of nitriles is 1. The van der Waals surface area contributed by atoms with E-state index in [2.05, 4.69) is 54.6 Å². The molecule has 4 rings (SSSR count). The van der Waals surface area contributed by atoms with Gasteiger partial charge in [0.05, 0.1) is 11.6 Å². The number of aryl methyl sites for hydroxylation is 1. The van der Waals surface area contributed by atoms with Gasteiger partial charge in [0.1, 0.15) is 0 Å². The van der Waals surface area contributed by atoms with Gasteiger partial charge in [0, 0.05) is 20.5 Å². The van der Waals surface area contributed by atoms with Gasteiger partial charge in [-0.2, -0.15) is 5.26 Å². The molecule has 1 aliphatic heterocycles. The Bertz CT molecular complexity index is 857. The van der Waals surface area contributed by atoms with Gasteiger partial charge in [0.25, 0.3) is 0 Å². The van der Waals surface area contributed by atoms with Gasteiger partial charge in [-0.15, -0.1) is 11.8 Å². The molecule has 0 N–H and O–H groups in total. The topological polar surface area (TPSA) is 23.8 Å². The number of benzene rings is 2. The predicted octanol–water partition coefficient (Wildman–Crippen LogP) is 5.66. The summed E-state index contributed by atoms with van der Waals surface area (Å²) in [7, 11) is 0. The number of nitrogens with zero attached hydrogens (tertiary/aromatic N) is 1. The summed E-state index contributed by atoms with van der Waals surface area (Å²) in [6.07, 6.45) is 2.09. The maximum Gasteiger partial charge on any atom is 0.0968 e. The first kappa shape index (κ1) is 14.7. The number of hydrogen-bond acceptors (Lipinski definition) is 3. The van der Waals surface area contributed by atoms with E-state index in [0.717, 1.165) is 24.2 Å². The number of thioether (sulfide) groups is 2. The fourth-order valence-corrected chi connectivity index (χ4v) is 5.57. The Morgan fingerprint density at radius 2 is 1.74 bits per heavy atom. The summed E-state index contributed by atoms with van der Waals surface area (Å²) >= 11 is 3.57. The van der Waals surface area contributed by atoms with Gasteiger partial charge >= 0.3 is 0 Å². The highest BCUT2D eigenvalue weighted by Crippen LogP contribution is 2.50. The highest BCUT2D eigenvalue weighted by atomic mass is 32.2. The van der Waals surface area contributed by atoms with Crippen LogP contribution >= 0.6 is 23.5 Å². The van der Waals surface area contributed by atoms with Gasteiger partial charge in [-0.25, -0.2) is 0 Å². The monoisotopic (exact) mass is 333 g/mol. The van der Waals surface area contributed by atoms with E-state index >= 15 is 0 Å². The van der Waals surface area contributed by atoms with Crippen molar-refractivity contribution in [2.45, 2.75) is 17.7 Å². The minimum atomic E-state index is 0.777. The lowest BCUT2D eigenvalue weighted by Crippen LogP contribution is -2.10. The largest absolute Gasteiger partial charge is 0.193 e. The standard InChI is InChI=1S/C20H15NS2/c21-12-15-13-22-20-17-9-5-4-6-14(17)10-11-18(20)19(15)23-16-7-2-1-3-8-16/h1-9H,10-11,13H2. The molecule has 0 amide bonds. The zero-order valence-corrected chi connectivity index (χ0v) is 14.2. The molecule has 2 aromatic rings. The summed E-state index contributed by atoms with van der Waals surface area (Å²) in [6.45, 7) is 0. The Morgan fingerprint density at radius 3 is 2.57 bits per heavy atom. The Balaban J connectivity index is 1.81. The van der Waals surface area contributed by atoms with E-state index in [1.54, 1.807) is 11.8 Å². The van der Waals surface area contributed by atoms with E-state index in [1.165, 1.54) is 31.4 Å². The average molecular weight is 333 g/mol. The minimum Gasteiger partial charge on any atom is -0.193 e. The third-order valence-corrected chi connectivity index (χ3v) is 6.58. The van der Waals surface area contributed by atoms with Crippen molar-refractivity contribution in [3.63, 3.8) is 0 Å². The lowest BCUT2D eigenvalue weighted by Gasteiger charge is -2.28. The fraction of sp³-hybridized carbons (Fsp3) is 0.150. The van der Waals surface area contributed by atoms with Crippen LogP contribution < -0.4 is 0 Å². The molecule has 0 aromatic heterocycles. The Hall–Kier alpha value is -1.89. The van der Waals surface area contributed by atoms with Crippen LogP contribution in [0, 0.1) is 11.3 Å². The first-order valence-electron chi connectivity index (χ1n) is 7.67. The van der Waals surface area contributed by atoms with E-state index in [4.69, 9.17) is 0 Å². The predicted molar refractivity (Wildman–Crippen MR) is 99.1 cm³/mol. The normalized spacial score (nSPS) is 16.7. The van der Waals surface area contributed by atoms with Gasteiger partial charge in [-0.3, -0.25) is 0 Å². The smallest absolute Gasteiger partial charge is 0.0968 e. The van der Waals surface area contributed by atoms with Crippen LogP contribution in [-0.4, -0.2) is 5.75 Å². The molecule has 3 heteroatoms. The third-order valence-electron chi connectivity index (χ3n) is 4.19. The summed E-state index contributed by atoms with van der Waals surface area (Å²) in [5, 5.41) is 9.57. The molecule has 0 fully saturated rings. The number of allylic oxidation sites excluding steroid dienone is 1. The van der Waals surface area contributed by atoms with Crippen LogP contribution in [0.5, 0.6) is 0 Å². The van der Waals surface area contributed by atoms with E-state index in [1.807, 2.05) is 17.8 Å². The SMILES string of the molecule is N#CC1=C(Sc2ccccc2)C2=C(SC1)c1ccccc1CC2. The minimum absolute atomic E-state index is 0.777. The second-order valence-electron chi connectivity index (χ2n) is 5.59. The summed E-state index contributed by atoms with van der Waals surface area (Å²) < 4.78 is 0. The molecule has 0 saturated carbocycles. The van der Waals surface area contributed by atoms with Crippen molar-refractivity contribution in [2.24, 2.45) is 0 Å². The summed E-state index contributed by atoms with van der Waals surface area (Å²) in [6, 6.07) is 21.5. The number of rotatable bonds is 2. The molecule has 0 spiro atoms. The molecular formula is C20H15NS2. The zero-order valence-electron chi connectivity index (χ0n) is 12.6. The zero-order chi connectivity index (χ0) is 15.6. The van der Waals surface area contributed by atoms with Crippen LogP contribution in [0.1, 0.15) is 17.5 Å². The molecule has 0 bridgehead atoms. The molecule has 23 heavy (non-hydrogen) atoms. The second-order valence-corrected chi connectivity index (χ2v) is 7.66. The first-order valence-corrected chi connectivity index (χ1v) is 9.48. The van der Waals surface area contributed by atoms with Crippen molar-refractivity contribution in [3.8, 4) is 6.07 Å². The molecule has 2 aromatic carbocycles. The summed E-state index contributed by atoms with van der Waals surface area (Å²) in [5.74, 6) is 0.777. The van der Waals surface area contributed by atoms with Crippen molar-refractivity contribution in [1.82, 2.24) is 0 Å². The average Bonchev–Trinajstić information content (AvgIpc) is 2.62. The van der Waals surface area contributed by atoms with Crippen LogP contribution in [0.3, 0.4) is 0 Å². The molecule has 112 valence electrons. The van der Waals surface area contributed by atoms with E-state index in [-0.39, 0.29) is 0 Å². The van der Waals surface area contributed by atoms with Crippen molar-refractivity contribution < 1.29 is 0 Å². The van der Waals surface area contributed by atoms with Crippen LogP contribution in [0.25, 0.3) is 4.91 Å². The van der Waals surface area contributed by atoms with Gasteiger partial charge in [0.15, 0.2) is 0 Å². The first-order chi connectivity index (χ1) is 11.4. The van der Waals surface area contributed by atoms with E-state index in [9.17, 15) is 5.26 Å². The highest BCUT2D eigenvalue weighted by molar-refractivity contribution is 8.09. The van der Waals surface area contributed by atoms with Crippen LogP contribution in [0.15, 0.2) is 75.5 Å². The van der Waals surface area contributed by atoms with Gasteiger partial charge in [-0.1, -0.05) is 54.2 Å². The Kier molecular flexibility index (Phi) is 4.03. The molecule has 0 atom stereocenters. The molecule has 0 unspecified atom stereocenters. The van der Waals surface area contributed by atoms with E-state index < -0.39 is 0 Å². The number of hydrogen-bond donors (Lipinski definition) is 0. The van der Waals surface area contributed by atoms with Gasteiger partial charge in [-0.05, 0) is 41.7 Å². The quantitative estimate of drug-likeness (QED) is 0.708. The van der Waals surface area contributed by atoms with Crippen LogP contribution in [-0.2, 0) is 6.42 Å². The Morgan fingerprint density at radius 1 is 0.957 bits per heavy atom. The van der Waals surface area contributed by atoms with Crippen LogP contribution in [0.2, 0.25) is 0 Å². The Labute approximate surface area is 145 Å². The van der Waals surface area contributed by atoms with E-state index in [0.29, 0.717) is 0 Å². The molecular weight excluding hydrogens is 318 g/mol. The second kappa shape index (κ2) is 6.31. The van der Waals surface area contributed by atoms with Gasteiger partial charge in [0.2, 0.25) is 0 Å². The summed E-state index contributed by atoms with van der Waals surface area (Å²) in [4.78, 5) is 3.76. The molecule has 0 saturated heterocycles. The number of fused-ring (bicyclic) bond motifs is 2. The maximum absolute atomic E-state index is 9.57. The van der Waals surface area contributed by atoms with Crippen molar-refractivity contribution >= 4 is 28.4 Å². The summed E-state index contributed by atoms with van der Waals surface area (Å²) in [5.41, 5.74) is 5.08. The lowest BCUT2D eigenvalue weighted by atomic mass is 9.90. The molecule has 1 aliphatic carbocycles. The highest BCUT2D eigenvalue weighted by Gasteiger charge is 2.28. The van der Waals surface area contributed by atoms with Crippen LogP contribution in [0.4, 0.5) is 0 Å². The lowest BCUT2D eigenvalue weighted by molar-refractivity contribution is 0.941. The molecule has 1 heterocycles. The molecule has 0 radical (unpaired) electrons. The molecule has 1 nitrogen and oxygen atoms in total.